The van der Waals surface area contributed by atoms with Crippen molar-refractivity contribution in [3.63, 3.8) is 0 Å². The van der Waals surface area contributed by atoms with Crippen molar-refractivity contribution in [1.82, 2.24) is 5.32 Å². The molecule has 1 atom stereocenters. The lowest BCUT2D eigenvalue weighted by molar-refractivity contribution is -0.123. The summed E-state index contributed by atoms with van der Waals surface area (Å²) in [5.41, 5.74) is 2.40. The zero-order chi connectivity index (χ0) is 34.0. The summed E-state index contributed by atoms with van der Waals surface area (Å²) in [4.78, 5) is 12.6. The maximum Gasteiger partial charge on any atom is 0.258 e. The number of nitrogens with one attached hydrogen (secondary N) is 1. The van der Waals surface area contributed by atoms with Gasteiger partial charge in [0.05, 0.1) is 18.0 Å². The SMILES string of the molecule is Cc1cc(Br)cc(C)c1OCC(=O)NC[C@@H](O)c1ccc(OCOCC[Si](C)(C)C)c(N(COCC[Si](C)(C)C)S(C)(=O)=O)c1. The Labute approximate surface area is 280 Å². The average molecular weight is 748 g/mol. The largest absolute Gasteiger partial charge is 0.483 e. The number of carbonyl (C=O) groups excluding carboxylic acids is 1. The number of halogens is 1. The Hall–Kier alpha value is -1.95. The van der Waals surface area contributed by atoms with Crippen molar-refractivity contribution >= 4 is 53.7 Å². The molecule has 0 aliphatic carbocycles. The summed E-state index contributed by atoms with van der Waals surface area (Å²) in [5, 5.41) is 13.7. The lowest BCUT2D eigenvalue weighted by Gasteiger charge is -2.26. The van der Waals surface area contributed by atoms with Crippen LogP contribution >= 0.6 is 15.9 Å². The van der Waals surface area contributed by atoms with Gasteiger partial charge in [-0.25, -0.2) is 12.7 Å². The lowest BCUT2D eigenvalue weighted by Crippen LogP contribution is -2.34. The molecule has 2 aromatic carbocycles. The fourth-order valence-corrected chi connectivity index (χ4v) is 7.08. The summed E-state index contributed by atoms with van der Waals surface area (Å²) in [6.45, 7) is 17.6. The predicted octanol–water partition coefficient (Wildman–Crippen LogP) is 6.06. The van der Waals surface area contributed by atoms with Crippen LogP contribution < -0.4 is 19.1 Å². The van der Waals surface area contributed by atoms with Crippen LogP contribution in [0.4, 0.5) is 5.69 Å². The number of benzene rings is 2. The third-order valence-corrected chi connectivity index (χ3v) is 11.8. The molecule has 0 aliphatic heterocycles. The fourth-order valence-electron chi connectivity index (χ4n) is 4.11. The maximum absolute atomic E-state index is 12.9. The first-order chi connectivity index (χ1) is 20.8. The van der Waals surface area contributed by atoms with Gasteiger partial charge < -0.3 is 29.4 Å². The van der Waals surface area contributed by atoms with E-state index in [1.54, 1.807) is 18.2 Å². The Kier molecular flexibility index (Phi) is 15.1. The van der Waals surface area contributed by atoms with Crippen LogP contribution in [-0.2, 0) is 24.3 Å². The van der Waals surface area contributed by atoms with E-state index < -0.39 is 38.2 Å². The first kappa shape index (κ1) is 39.2. The number of carbonyl (C=O) groups is 1. The Bertz CT molecular complexity index is 1360. The number of hydrogen-bond donors (Lipinski definition) is 2. The van der Waals surface area contributed by atoms with Crippen LogP contribution in [0.25, 0.3) is 0 Å². The molecule has 0 fully saturated rings. The smallest absolute Gasteiger partial charge is 0.258 e. The molecule has 0 saturated carbocycles. The molecule has 0 aromatic heterocycles. The van der Waals surface area contributed by atoms with Gasteiger partial charge in [0.1, 0.15) is 18.2 Å². The Balaban J connectivity index is 2.19. The third kappa shape index (κ3) is 14.6. The molecule has 2 N–H and O–H groups in total. The van der Waals surface area contributed by atoms with Gasteiger partial charge in [-0.3, -0.25) is 4.79 Å². The molecule has 14 heteroatoms. The summed E-state index contributed by atoms with van der Waals surface area (Å²) >= 11 is 3.45. The second kappa shape index (κ2) is 17.3. The van der Waals surface area contributed by atoms with E-state index in [-0.39, 0.29) is 38.1 Å². The second-order valence-electron chi connectivity index (χ2n) is 13.6. The number of amides is 1. The highest BCUT2D eigenvalue weighted by atomic mass is 79.9. The number of sulfonamides is 1. The zero-order valence-corrected chi connectivity index (χ0v) is 32.6. The number of anilines is 1. The van der Waals surface area contributed by atoms with Crippen molar-refractivity contribution in [3.05, 3.63) is 51.5 Å². The number of nitrogens with zero attached hydrogens (tertiary/aromatic N) is 1. The number of ether oxygens (including phenoxy) is 4. The highest BCUT2D eigenvalue weighted by Crippen LogP contribution is 2.33. The van der Waals surface area contributed by atoms with Crippen LogP contribution in [0.2, 0.25) is 51.4 Å². The molecular weight excluding hydrogens is 696 g/mol. The van der Waals surface area contributed by atoms with Crippen molar-refractivity contribution in [2.45, 2.75) is 71.3 Å². The van der Waals surface area contributed by atoms with E-state index in [9.17, 15) is 18.3 Å². The predicted molar refractivity (Wildman–Crippen MR) is 189 cm³/mol. The summed E-state index contributed by atoms with van der Waals surface area (Å²) in [7, 11) is -6.47. The van der Waals surface area contributed by atoms with Gasteiger partial charge in [0, 0.05) is 40.4 Å². The summed E-state index contributed by atoms with van der Waals surface area (Å²) in [6, 6.07) is 10.4. The van der Waals surface area contributed by atoms with Gasteiger partial charge in [-0.1, -0.05) is 61.3 Å². The van der Waals surface area contributed by atoms with Crippen LogP contribution in [0.1, 0.15) is 22.8 Å². The number of rotatable bonds is 19. The van der Waals surface area contributed by atoms with Gasteiger partial charge in [0.25, 0.3) is 5.91 Å². The van der Waals surface area contributed by atoms with Crippen LogP contribution in [0.15, 0.2) is 34.8 Å². The highest BCUT2D eigenvalue weighted by molar-refractivity contribution is 9.10. The van der Waals surface area contributed by atoms with E-state index >= 15 is 0 Å². The van der Waals surface area contributed by atoms with Crippen LogP contribution in [0.5, 0.6) is 11.5 Å². The topological polar surface area (TPSA) is 124 Å². The minimum Gasteiger partial charge on any atom is -0.483 e. The molecule has 0 heterocycles. The molecule has 0 radical (unpaired) electrons. The number of hydrogen-bond acceptors (Lipinski definition) is 8. The Morgan fingerprint density at radius 3 is 2.09 bits per heavy atom. The van der Waals surface area contributed by atoms with Crippen molar-refractivity contribution in [1.29, 1.82) is 0 Å². The highest BCUT2D eigenvalue weighted by Gasteiger charge is 2.25. The number of aryl methyl sites for hydroxylation is 2. The lowest BCUT2D eigenvalue weighted by atomic mass is 10.1. The molecule has 0 spiro atoms. The van der Waals surface area contributed by atoms with Crippen LogP contribution in [0, 0.1) is 13.8 Å². The third-order valence-electron chi connectivity index (χ3n) is 6.80. The summed E-state index contributed by atoms with van der Waals surface area (Å²) < 4.78 is 51.1. The van der Waals surface area contributed by atoms with Crippen molar-refractivity contribution in [2.75, 3.05) is 50.5 Å². The van der Waals surface area contributed by atoms with Crippen molar-refractivity contribution in [3.8, 4) is 11.5 Å². The van der Waals surface area contributed by atoms with Gasteiger partial charge in [-0.2, -0.15) is 0 Å². The van der Waals surface area contributed by atoms with Gasteiger partial charge >= 0.3 is 0 Å². The van der Waals surface area contributed by atoms with E-state index in [2.05, 4.69) is 60.5 Å². The monoisotopic (exact) mass is 746 g/mol. The van der Waals surface area contributed by atoms with E-state index in [0.717, 1.165) is 38.2 Å². The second-order valence-corrected chi connectivity index (χ2v) is 27.7. The van der Waals surface area contributed by atoms with Crippen LogP contribution in [-0.4, -0.2) is 81.7 Å². The molecule has 2 rings (SSSR count). The molecule has 0 aliphatic rings. The van der Waals surface area contributed by atoms with Gasteiger partial charge in [-0.15, -0.1) is 0 Å². The first-order valence-electron chi connectivity index (χ1n) is 15.0. The maximum atomic E-state index is 12.9. The zero-order valence-electron chi connectivity index (χ0n) is 28.2. The minimum atomic E-state index is -3.79. The molecular formula is C31H51BrN2O8SSi2. The first-order valence-corrected chi connectivity index (χ1v) is 25.1. The van der Waals surface area contributed by atoms with Crippen molar-refractivity contribution < 1.29 is 37.3 Å². The van der Waals surface area contributed by atoms with Gasteiger partial charge in [-0.05, 0) is 66.9 Å². The van der Waals surface area contributed by atoms with Gasteiger partial charge in [0.15, 0.2) is 13.4 Å². The Morgan fingerprint density at radius 2 is 1.53 bits per heavy atom. The van der Waals surface area contributed by atoms with Crippen molar-refractivity contribution in [2.24, 2.45) is 0 Å². The van der Waals surface area contributed by atoms with E-state index in [1.165, 1.54) is 0 Å². The standard InChI is InChI=1S/C31H51BrN2O8SSi2/c1-23-16-26(32)17-24(2)31(23)41-20-30(36)33-19-28(35)25-10-11-29(42-22-40-13-15-45(7,8)9)27(18-25)34(43(3,37)38)21-39-12-14-44(4,5)6/h10-11,16-18,28,35H,12-15,19-22H2,1-9H3,(H,33,36)/t28-/m1/s1. The molecule has 254 valence electrons. The van der Waals surface area contributed by atoms with Crippen LogP contribution in [0.3, 0.4) is 0 Å². The molecule has 10 nitrogen and oxygen atoms in total. The van der Waals surface area contributed by atoms with E-state index in [1.807, 2.05) is 26.0 Å². The quantitative estimate of drug-likeness (QED) is 0.101. The number of aliphatic hydroxyl groups is 1. The average Bonchev–Trinajstić information content (AvgIpc) is 2.89. The minimum absolute atomic E-state index is 0.0547. The molecule has 1 amide bonds. The molecule has 0 bridgehead atoms. The summed E-state index contributed by atoms with van der Waals surface area (Å²) in [5.74, 6) is 0.502. The van der Waals surface area contributed by atoms with Gasteiger partial charge in [0.2, 0.25) is 10.0 Å². The molecule has 0 unspecified atom stereocenters. The molecule has 2 aromatic rings. The number of aliphatic hydroxyl groups excluding tert-OH is 1. The summed E-state index contributed by atoms with van der Waals surface area (Å²) in [6.07, 6.45) is -0.0264. The Morgan fingerprint density at radius 1 is 0.956 bits per heavy atom. The molecule has 45 heavy (non-hydrogen) atoms. The van der Waals surface area contributed by atoms with E-state index in [4.69, 9.17) is 18.9 Å². The van der Waals surface area contributed by atoms with E-state index in [0.29, 0.717) is 24.5 Å². The normalized spacial score (nSPS) is 13.0. The fraction of sp³-hybridized carbons (Fsp3) is 0.581. The molecule has 0 saturated heterocycles.